The summed E-state index contributed by atoms with van der Waals surface area (Å²) < 4.78 is 5.50. The third-order valence-corrected chi connectivity index (χ3v) is 2.46. The van der Waals surface area contributed by atoms with Crippen LogP contribution in [0.1, 0.15) is 32.8 Å². The predicted octanol–water partition coefficient (Wildman–Crippen LogP) is 1.74. The Hall–Kier alpha value is -1.55. The minimum absolute atomic E-state index is 0.0913. The molecule has 0 aromatic heterocycles. The van der Waals surface area contributed by atoms with Gasteiger partial charge in [0.1, 0.15) is 5.75 Å². The second-order valence-electron chi connectivity index (χ2n) is 4.94. The van der Waals surface area contributed by atoms with E-state index >= 15 is 0 Å². The van der Waals surface area contributed by atoms with E-state index < -0.39 is 0 Å². The highest BCUT2D eigenvalue weighted by Gasteiger charge is 2.13. The number of hydrazine groups is 1. The van der Waals surface area contributed by atoms with Gasteiger partial charge in [-0.3, -0.25) is 10.2 Å². The molecule has 1 aromatic carbocycles. The zero-order chi connectivity index (χ0) is 12.9. The van der Waals surface area contributed by atoms with E-state index in [2.05, 4.69) is 32.3 Å². The Morgan fingerprint density at radius 1 is 1.41 bits per heavy atom. The zero-order valence-corrected chi connectivity index (χ0v) is 10.6. The molecule has 0 bridgehead atoms. The Morgan fingerprint density at radius 3 is 2.71 bits per heavy atom. The van der Waals surface area contributed by atoms with Gasteiger partial charge in [0.15, 0.2) is 0 Å². The first kappa shape index (κ1) is 13.5. The lowest BCUT2D eigenvalue weighted by atomic mass is 9.87. The molecule has 0 unspecified atom stereocenters. The normalized spacial score (nSPS) is 11.1. The minimum Gasteiger partial charge on any atom is -0.493 e. The molecule has 0 saturated carbocycles. The Morgan fingerprint density at radius 2 is 2.12 bits per heavy atom. The van der Waals surface area contributed by atoms with Crippen LogP contribution in [0.3, 0.4) is 0 Å². The van der Waals surface area contributed by atoms with E-state index in [0.717, 1.165) is 5.75 Å². The van der Waals surface area contributed by atoms with Crippen molar-refractivity contribution >= 4 is 5.91 Å². The zero-order valence-electron chi connectivity index (χ0n) is 10.6. The molecule has 0 heterocycles. The molecular weight excluding hydrogens is 216 g/mol. The molecule has 0 aliphatic carbocycles. The molecule has 94 valence electrons. The topological polar surface area (TPSA) is 64.3 Å². The van der Waals surface area contributed by atoms with Gasteiger partial charge < -0.3 is 4.74 Å². The number of rotatable bonds is 4. The molecule has 4 nitrogen and oxygen atoms in total. The number of hydrogen-bond acceptors (Lipinski definition) is 3. The van der Waals surface area contributed by atoms with Crippen LogP contribution < -0.4 is 16.0 Å². The van der Waals surface area contributed by atoms with Gasteiger partial charge in [-0.1, -0.05) is 32.9 Å². The minimum atomic E-state index is -0.225. The molecule has 4 heteroatoms. The maximum Gasteiger partial charge on any atom is 0.237 e. The molecule has 0 aliphatic heterocycles. The molecule has 1 aromatic rings. The van der Waals surface area contributed by atoms with E-state index in [1.54, 1.807) is 0 Å². The molecule has 0 atom stereocenters. The number of carbonyl (C=O) groups excluding carboxylic acids is 1. The smallest absolute Gasteiger partial charge is 0.237 e. The Balaban J connectivity index is 2.58. The van der Waals surface area contributed by atoms with Gasteiger partial charge >= 0.3 is 0 Å². The molecule has 17 heavy (non-hydrogen) atoms. The van der Waals surface area contributed by atoms with E-state index in [1.165, 1.54) is 5.56 Å². The SMILES string of the molecule is CC(C)(C)c1cccc(OCCC(=O)NN)c1. The van der Waals surface area contributed by atoms with Crippen LogP contribution >= 0.6 is 0 Å². The number of hydrogen-bond donors (Lipinski definition) is 2. The predicted molar refractivity (Wildman–Crippen MR) is 67.6 cm³/mol. The van der Waals surface area contributed by atoms with Gasteiger partial charge in [-0.2, -0.15) is 0 Å². The van der Waals surface area contributed by atoms with Crippen LogP contribution in [0.25, 0.3) is 0 Å². The van der Waals surface area contributed by atoms with Crippen molar-refractivity contribution in [2.45, 2.75) is 32.6 Å². The highest BCUT2D eigenvalue weighted by atomic mass is 16.5. The third-order valence-electron chi connectivity index (χ3n) is 2.46. The summed E-state index contributed by atoms with van der Waals surface area (Å²) in [4.78, 5) is 10.9. The van der Waals surface area contributed by atoms with Crippen molar-refractivity contribution in [3.8, 4) is 5.75 Å². The fourth-order valence-electron chi connectivity index (χ4n) is 1.39. The van der Waals surface area contributed by atoms with Crippen molar-refractivity contribution in [2.24, 2.45) is 5.84 Å². The first-order chi connectivity index (χ1) is 7.93. The first-order valence-electron chi connectivity index (χ1n) is 5.66. The lowest BCUT2D eigenvalue weighted by Gasteiger charge is -2.19. The third kappa shape index (κ3) is 4.44. The average molecular weight is 236 g/mol. The molecule has 0 radical (unpaired) electrons. The quantitative estimate of drug-likeness (QED) is 0.475. The number of nitrogens with two attached hydrogens (primary N) is 1. The summed E-state index contributed by atoms with van der Waals surface area (Å²) in [6.45, 7) is 6.77. The fraction of sp³-hybridized carbons (Fsp3) is 0.462. The van der Waals surface area contributed by atoms with Gasteiger partial charge in [0.25, 0.3) is 0 Å². The van der Waals surface area contributed by atoms with Gasteiger partial charge in [0, 0.05) is 0 Å². The van der Waals surface area contributed by atoms with Gasteiger partial charge in [-0.15, -0.1) is 0 Å². The molecule has 3 N–H and O–H groups in total. The monoisotopic (exact) mass is 236 g/mol. The second-order valence-corrected chi connectivity index (χ2v) is 4.94. The highest BCUT2D eigenvalue weighted by molar-refractivity contribution is 5.75. The lowest BCUT2D eigenvalue weighted by molar-refractivity contribution is -0.121. The summed E-state index contributed by atoms with van der Waals surface area (Å²) in [7, 11) is 0. The van der Waals surface area contributed by atoms with Gasteiger partial charge in [0.2, 0.25) is 5.91 Å². The Kier molecular flexibility index (Phi) is 4.52. The lowest BCUT2D eigenvalue weighted by Crippen LogP contribution is -2.31. The Labute approximate surface area is 102 Å². The van der Waals surface area contributed by atoms with Crippen LogP contribution in [0.4, 0.5) is 0 Å². The van der Waals surface area contributed by atoms with Crippen LogP contribution in [0.5, 0.6) is 5.75 Å². The molecule has 0 spiro atoms. The van der Waals surface area contributed by atoms with Crippen LogP contribution in [-0.4, -0.2) is 12.5 Å². The summed E-state index contributed by atoms with van der Waals surface area (Å²) in [6, 6.07) is 7.91. The van der Waals surface area contributed by atoms with E-state index in [-0.39, 0.29) is 17.7 Å². The molecule has 0 saturated heterocycles. The van der Waals surface area contributed by atoms with Crippen LogP contribution in [0.15, 0.2) is 24.3 Å². The summed E-state index contributed by atoms with van der Waals surface area (Å²) in [5.41, 5.74) is 3.37. The maximum absolute atomic E-state index is 10.9. The van der Waals surface area contributed by atoms with E-state index in [4.69, 9.17) is 10.6 Å². The summed E-state index contributed by atoms with van der Waals surface area (Å²) >= 11 is 0. The van der Waals surface area contributed by atoms with Gasteiger partial charge in [-0.05, 0) is 23.1 Å². The van der Waals surface area contributed by atoms with Crippen LogP contribution in [0, 0.1) is 0 Å². The number of amides is 1. The van der Waals surface area contributed by atoms with Gasteiger partial charge in [0.05, 0.1) is 13.0 Å². The maximum atomic E-state index is 10.9. The fourth-order valence-corrected chi connectivity index (χ4v) is 1.39. The van der Waals surface area contributed by atoms with E-state index in [9.17, 15) is 4.79 Å². The average Bonchev–Trinajstić information content (AvgIpc) is 2.28. The van der Waals surface area contributed by atoms with Crippen LogP contribution in [0.2, 0.25) is 0 Å². The van der Waals surface area contributed by atoms with Crippen LogP contribution in [-0.2, 0) is 10.2 Å². The van der Waals surface area contributed by atoms with Crippen molar-refractivity contribution in [2.75, 3.05) is 6.61 Å². The number of ether oxygens (including phenoxy) is 1. The second kappa shape index (κ2) is 5.68. The molecule has 1 rings (SSSR count). The summed E-state index contributed by atoms with van der Waals surface area (Å²) in [6.07, 6.45) is 0.260. The Bertz CT molecular complexity index is 383. The van der Waals surface area contributed by atoms with Crippen molar-refractivity contribution < 1.29 is 9.53 Å². The van der Waals surface area contributed by atoms with Crippen molar-refractivity contribution in [1.82, 2.24) is 5.43 Å². The summed E-state index contributed by atoms with van der Waals surface area (Å²) in [5, 5.41) is 0. The van der Waals surface area contributed by atoms with Crippen molar-refractivity contribution in [3.63, 3.8) is 0 Å². The molecular formula is C13H20N2O2. The molecule has 0 aliphatic rings. The summed E-state index contributed by atoms with van der Waals surface area (Å²) in [5.74, 6) is 5.53. The number of carbonyl (C=O) groups is 1. The van der Waals surface area contributed by atoms with E-state index in [1.807, 2.05) is 18.2 Å². The largest absolute Gasteiger partial charge is 0.493 e. The van der Waals surface area contributed by atoms with Gasteiger partial charge in [-0.25, -0.2) is 5.84 Å². The number of nitrogens with one attached hydrogen (secondary N) is 1. The first-order valence-corrected chi connectivity index (χ1v) is 5.66. The highest BCUT2D eigenvalue weighted by Crippen LogP contribution is 2.25. The standard InChI is InChI=1S/C13H20N2O2/c1-13(2,3)10-5-4-6-11(9-10)17-8-7-12(16)15-14/h4-6,9H,7-8,14H2,1-3H3,(H,15,16). The molecule has 1 amide bonds. The van der Waals surface area contributed by atoms with Crippen molar-refractivity contribution in [1.29, 1.82) is 0 Å². The molecule has 0 fully saturated rings. The van der Waals surface area contributed by atoms with Crippen molar-refractivity contribution in [3.05, 3.63) is 29.8 Å². The van der Waals surface area contributed by atoms with E-state index in [0.29, 0.717) is 6.61 Å². The number of benzene rings is 1.